The summed E-state index contributed by atoms with van der Waals surface area (Å²) in [6, 6.07) is 3.54. The Morgan fingerprint density at radius 1 is 1.43 bits per heavy atom. The first kappa shape index (κ1) is 14.0. The maximum absolute atomic E-state index is 5.78. The number of rotatable bonds is 3. The number of ether oxygens (including phenoxy) is 1. The van der Waals surface area contributed by atoms with Gasteiger partial charge in [-0.2, -0.15) is 4.98 Å². The van der Waals surface area contributed by atoms with Crippen LogP contribution in [0.2, 0.25) is 0 Å². The smallest absolute Gasteiger partial charge is 0.259 e. The summed E-state index contributed by atoms with van der Waals surface area (Å²) in [6.45, 7) is 2.23. The maximum atomic E-state index is 5.78. The van der Waals surface area contributed by atoms with Crippen LogP contribution in [0.5, 0.6) is 0 Å². The number of nitrogen functional groups attached to an aromatic ring is 1. The Morgan fingerprint density at radius 2 is 2.29 bits per heavy atom. The van der Waals surface area contributed by atoms with Crippen molar-refractivity contribution in [2.45, 2.75) is 38.2 Å². The van der Waals surface area contributed by atoms with Crippen molar-refractivity contribution in [1.82, 2.24) is 15.1 Å². The number of nitrogens with two attached hydrogens (primary N) is 1. The molecule has 1 aliphatic rings. The summed E-state index contributed by atoms with van der Waals surface area (Å²) in [5.74, 6) is 2.14. The van der Waals surface area contributed by atoms with Gasteiger partial charge >= 0.3 is 0 Å². The van der Waals surface area contributed by atoms with Crippen LogP contribution in [-0.2, 0) is 10.3 Å². The Morgan fingerprint density at radius 3 is 2.95 bits per heavy atom. The Balaban J connectivity index is 1.91. The number of hydrogen-bond donors (Lipinski definition) is 1. The van der Waals surface area contributed by atoms with Gasteiger partial charge in [-0.3, -0.25) is 0 Å². The van der Waals surface area contributed by atoms with Gasteiger partial charge in [-0.1, -0.05) is 18.5 Å². The van der Waals surface area contributed by atoms with E-state index in [1.54, 1.807) is 19.4 Å². The van der Waals surface area contributed by atoms with E-state index in [1.165, 1.54) is 6.42 Å². The lowest BCUT2D eigenvalue weighted by Gasteiger charge is -2.36. The molecule has 1 aliphatic carbocycles. The topological polar surface area (TPSA) is 87.1 Å². The third-order valence-electron chi connectivity index (χ3n) is 4.21. The van der Waals surface area contributed by atoms with Gasteiger partial charge in [-0.05, 0) is 37.3 Å². The zero-order chi connectivity index (χ0) is 14.9. The molecule has 0 aliphatic heterocycles. The molecule has 112 valence electrons. The average Bonchev–Trinajstić information content (AvgIpc) is 2.98. The Hall–Kier alpha value is -1.95. The molecule has 2 N–H and O–H groups in total. The Bertz CT molecular complexity index is 610. The van der Waals surface area contributed by atoms with Gasteiger partial charge in [-0.15, -0.1) is 0 Å². The van der Waals surface area contributed by atoms with E-state index in [9.17, 15) is 0 Å². The van der Waals surface area contributed by atoms with Crippen LogP contribution in [0.1, 0.15) is 38.4 Å². The predicted octanol–water partition coefficient (Wildman–Crippen LogP) is 2.77. The van der Waals surface area contributed by atoms with E-state index < -0.39 is 5.60 Å². The molecule has 0 radical (unpaired) electrons. The monoisotopic (exact) mass is 288 g/mol. The van der Waals surface area contributed by atoms with Crippen LogP contribution in [0.25, 0.3) is 11.5 Å². The highest BCUT2D eigenvalue weighted by atomic mass is 16.5. The molecular weight excluding hydrogens is 268 g/mol. The first-order valence-corrected chi connectivity index (χ1v) is 7.24. The summed E-state index contributed by atoms with van der Waals surface area (Å²) in [6.07, 6.45) is 5.81. The van der Waals surface area contributed by atoms with Gasteiger partial charge in [0.25, 0.3) is 5.89 Å². The molecule has 6 heteroatoms. The third-order valence-corrected chi connectivity index (χ3v) is 4.21. The fourth-order valence-electron chi connectivity index (χ4n) is 3.04. The molecule has 0 aromatic carbocycles. The fraction of sp³-hybridized carbons (Fsp3) is 0.533. The van der Waals surface area contributed by atoms with Crippen molar-refractivity contribution >= 4 is 5.82 Å². The molecule has 0 bridgehead atoms. The standard InChI is InChI=1S/C15H20N4O2/c1-10-4-3-7-15(8-10,20-2)14-18-13(21-19-14)11-5-6-12(16)17-9-11/h5-6,9-10H,3-4,7-8H2,1-2H3,(H2,16,17). The molecule has 3 rings (SSSR count). The van der Waals surface area contributed by atoms with Crippen molar-refractivity contribution in [1.29, 1.82) is 0 Å². The number of hydrogen-bond acceptors (Lipinski definition) is 6. The van der Waals surface area contributed by atoms with Crippen LogP contribution in [0, 0.1) is 5.92 Å². The zero-order valence-electron chi connectivity index (χ0n) is 12.4. The van der Waals surface area contributed by atoms with Gasteiger partial charge in [0.15, 0.2) is 0 Å². The molecule has 1 fully saturated rings. The minimum Gasteiger partial charge on any atom is -0.384 e. The van der Waals surface area contributed by atoms with Gasteiger partial charge < -0.3 is 15.0 Å². The highest BCUT2D eigenvalue weighted by Gasteiger charge is 2.41. The van der Waals surface area contributed by atoms with Gasteiger partial charge in [0.1, 0.15) is 11.4 Å². The van der Waals surface area contributed by atoms with Gasteiger partial charge in [-0.25, -0.2) is 4.98 Å². The predicted molar refractivity (Wildman–Crippen MR) is 78.3 cm³/mol. The first-order chi connectivity index (χ1) is 10.1. The van der Waals surface area contributed by atoms with Crippen molar-refractivity contribution in [2.75, 3.05) is 12.8 Å². The molecule has 2 unspecified atom stereocenters. The summed E-state index contributed by atoms with van der Waals surface area (Å²) in [4.78, 5) is 8.57. The van der Waals surface area contributed by atoms with Gasteiger partial charge in [0.2, 0.25) is 5.82 Å². The summed E-state index contributed by atoms with van der Waals surface area (Å²) >= 11 is 0. The molecule has 2 heterocycles. The lowest BCUT2D eigenvalue weighted by Crippen LogP contribution is -2.35. The Kier molecular flexibility index (Phi) is 3.63. The second kappa shape index (κ2) is 5.44. The molecule has 1 saturated carbocycles. The normalized spacial score (nSPS) is 25.9. The largest absolute Gasteiger partial charge is 0.384 e. The number of nitrogens with zero attached hydrogens (tertiary/aromatic N) is 3. The minimum atomic E-state index is -0.430. The molecule has 0 saturated heterocycles. The van der Waals surface area contributed by atoms with E-state index in [0.29, 0.717) is 23.5 Å². The van der Waals surface area contributed by atoms with Crippen LogP contribution >= 0.6 is 0 Å². The highest BCUT2D eigenvalue weighted by molar-refractivity contribution is 5.53. The van der Waals surface area contributed by atoms with E-state index >= 15 is 0 Å². The van der Waals surface area contributed by atoms with Gasteiger partial charge in [0.05, 0.1) is 5.56 Å². The van der Waals surface area contributed by atoms with Crippen molar-refractivity contribution < 1.29 is 9.26 Å². The molecular formula is C15H20N4O2. The molecule has 0 amide bonds. The summed E-state index contributed by atoms with van der Waals surface area (Å²) in [5, 5.41) is 4.15. The maximum Gasteiger partial charge on any atom is 0.259 e. The van der Waals surface area contributed by atoms with Crippen LogP contribution in [0.15, 0.2) is 22.9 Å². The molecule has 2 atom stereocenters. The van der Waals surface area contributed by atoms with Crippen LogP contribution < -0.4 is 5.73 Å². The average molecular weight is 288 g/mol. The second-order valence-electron chi connectivity index (χ2n) is 5.79. The van der Waals surface area contributed by atoms with E-state index in [4.69, 9.17) is 15.0 Å². The quantitative estimate of drug-likeness (QED) is 0.934. The number of methoxy groups -OCH3 is 1. The number of pyridine rings is 1. The molecule has 2 aromatic heterocycles. The third kappa shape index (κ3) is 2.63. The van der Waals surface area contributed by atoms with Gasteiger partial charge in [0, 0.05) is 13.3 Å². The zero-order valence-corrected chi connectivity index (χ0v) is 12.4. The van der Waals surface area contributed by atoms with Crippen LogP contribution in [-0.4, -0.2) is 22.2 Å². The Labute approximate surface area is 123 Å². The van der Waals surface area contributed by atoms with E-state index in [-0.39, 0.29) is 0 Å². The van der Waals surface area contributed by atoms with E-state index in [0.717, 1.165) is 24.8 Å². The van der Waals surface area contributed by atoms with Crippen molar-refractivity contribution in [3.8, 4) is 11.5 Å². The minimum absolute atomic E-state index is 0.430. The van der Waals surface area contributed by atoms with Crippen molar-refractivity contribution in [3.63, 3.8) is 0 Å². The van der Waals surface area contributed by atoms with Crippen LogP contribution in [0.4, 0.5) is 5.82 Å². The first-order valence-electron chi connectivity index (χ1n) is 7.24. The van der Waals surface area contributed by atoms with Crippen molar-refractivity contribution in [2.24, 2.45) is 5.92 Å². The number of aromatic nitrogens is 3. The van der Waals surface area contributed by atoms with E-state index in [1.807, 2.05) is 6.07 Å². The summed E-state index contributed by atoms with van der Waals surface area (Å²) in [7, 11) is 1.72. The van der Waals surface area contributed by atoms with Crippen LogP contribution in [0.3, 0.4) is 0 Å². The fourth-order valence-corrected chi connectivity index (χ4v) is 3.04. The SMILES string of the molecule is COC1(c2noc(-c3ccc(N)nc3)n2)CCCC(C)C1. The summed E-state index contributed by atoms with van der Waals surface area (Å²) in [5.41, 5.74) is 5.92. The van der Waals surface area contributed by atoms with Crippen molar-refractivity contribution in [3.05, 3.63) is 24.2 Å². The lowest BCUT2D eigenvalue weighted by atomic mass is 9.78. The molecule has 21 heavy (non-hydrogen) atoms. The highest BCUT2D eigenvalue weighted by Crippen LogP contribution is 2.41. The van der Waals surface area contributed by atoms with E-state index in [2.05, 4.69) is 22.0 Å². The summed E-state index contributed by atoms with van der Waals surface area (Å²) < 4.78 is 11.2. The second-order valence-corrected chi connectivity index (χ2v) is 5.79. The number of anilines is 1. The molecule has 2 aromatic rings. The molecule has 6 nitrogen and oxygen atoms in total. The lowest BCUT2D eigenvalue weighted by molar-refractivity contribution is -0.0658. The molecule has 0 spiro atoms.